The molecule has 0 aromatic rings. The van der Waals surface area contributed by atoms with Gasteiger partial charge in [0.25, 0.3) is 0 Å². The minimum absolute atomic E-state index is 0.283. The first kappa shape index (κ1) is 12.9. The van der Waals surface area contributed by atoms with Gasteiger partial charge in [-0.25, -0.2) is 0 Å². The van der Waals surface area contributed by atoms with E-state index in [0.29, 0.717) is 11.8 Å². The highest BCUT2D eigenvalue weighted by atomic mass is 16.5. The number of ether oxygens (including phenoxy) is 1. The molecule has 2 heteroatoms. The molecule has 0 bridgehead atoms. The van der Waals surface area contributed by atoms with Crippen molar-refractivity contribution in [1.82, 2.24) is 0 Å². The van der Waals surface area contributed by atoms with Gasteiger partial charge in [0.1, 0.15) is 0 Å². The second kappa shape index (κ2) is 7.34. The van der Waals surface area contributed by atoms with Crippen LogP contribution in [0.4, 0.5) is 0 Å². The van der Waals surface area contributed by atoms with Crippen LogP contribution in [0.5, 0.6) is 0 Å². The Labute approximate surface area is 82.8 Å². The Bertz CT molecular complexity index is 105. The van der Waals surface area contributed by atoms with Crippen molar-refractivity contribution >= 4 is 0 Å². The number of hydrogen-bond acceptors (Lipinski definition) is 2. The first-order valence-electron chi connectivity index (χ1n) is 5.42. The molecule has 2 nitrogen and oxygen atoms in total. The minimum Gasteiger partial charge on any atom is -0.381 e. The number of hydrogen-bond donors (Lipinski definition) is 1. The van der Waals surface area contributed by atoms with E-state index in [1.807, 2.05) is 0 Å². The molecule has 0 radical (unpaired) electrons. The summed E-state index contributed by atoms with van der Waals surface area (Å²) in [6, 6.07) is 0.283. The monoisotopic (exact) mass is 187 g/mol. The Balaban J connectivity index is 3.58. The highest BCUT2D eigenvalue weighted by molar-refractivity contribution is 4.71. The summed E-state index contributed by atoms with van der Waals surface area (Å²) in [6.07, 6.45) is 2.19. The van der Waals surface area contributed by atoms with E-state index in [1.54, 1.807) is 0 Å². The third-order valence-electron chi connectivity index (χ3n) is 2.48. The van der Waals surface area contributed by atoms with Crippen LogP contribution in [-0.2, 0) is 4.74 Å². The molecule has 0 aromatic carbocycles. The first-order chi connectivity index (χ1) is 6.09. The summed E-state index contributed by atoms with van der Waals surface area (Å²) in [4.78, 5) is 0. The topological polar surface area (TPSA) is 35.2 Å². The smallest absolute Gasteiger partial charge is 0.0469 e. The summed E-state index contributed by atoms with van der Waals surface area (Å²) >= 11 is 0. The lowest BCUT2D eigenvalue weighted by Crippen LogP contribution is -2.31. The molecular formula is C11H25NO. The summed E-state index contributed by atoms with van der Waals surface area (Å²) in [7, 11) is 0. The van der Waals surface area contributed by atoms with Crippen molar-refractivity contribution in [2.45, 2.75) is 46.6 Å². The summed E-state index contributed by atoms with van der Waals surface area (Å²) < 4.78 is 5.46. The van der Waals surface area contributed by atoms with Crippen LogP contribution in [0.15, 0.2) is 0 Å². The fourth-order valence-electron chi connectivity index (χ4n) is 1.67. The van der Waals surface area contributed by atoms with Crippen molar-refractivity contribution in [3.63, 3.8) is 0 Å². The lowest BCUT2D eigenvalue weighted by atomic mass is 9.87. The highest BCUT2D eigenvalue weighted by Gasteiger charge is 2.17. The van der Waals surface area contributed by atoms with E-state index in [1.165, 1.54) is 0 Å². The maximum atomic E-state index is 5.90. The minimum atomic E-state index is 0.283. The zero-order chi connectivity index (χ0) is 10.3. The summed E-state index contributed by atoms with van der Waals surface area (Å²) in [6.45, 7) is 10.4. The summed E-state index contributed by atoms with van der Waals surface area (Å²) in [5, 5.41) is 0. The molecule has 0 amide bonds. The largest absolute Gasteiger partial charge is 0.381 e. The van der Waals surface area contributed by atoms with Gasteiger partial charge in [-0.15, -0.1) is 0 Å². The predicted octanol–water partition coefficient (Wildman–Crippen LogP) is 2.42. The molecule has 80 valence electrons. The van der Waals surface area contributed by atoms with Crippen molar-refractivity contribution in [3.8, 4) is 0 Å². The lowest BCUT2D eigenvalue weighted by Gasteiger charge is -2.24. The van der Waals surface area contributed by atoms with Gasteiger partial charge < -0.3 is 10.5 Å². The molecular weight excluding hydrogens is 162 g/mol. The van der Waals surface area contributed by atoms with E-state index in [2.05, 4.69) is 27.7 Å². The van der Waals surface area contributed by atoms with Crippen molar-refractivity contribution in [3.05, 3.63) is 0 Å². The molecule has 0 saturated carbocycles. The second-order valence-corrected chi connectivity index (χ2v) is 4.17. The number of nitrogens with two attached hydrogens (primary N) is 1. The lowest BCUT2D eigenvalue weighted by molar-refractivity contribution is 0.109. The summed E-state index contributed by atoms with van der Waals surface area (Å²) in [5.74, 6) is 1.25. The maximum Gasteiger partial charge on any atom is 0.0469 e. The molecule has 0 spiro atoms. The molecule has 0 aromatic heterocycles. The van der Waals surface area contributed by atoms with Crippen molar-refractivity contribution in [2.24, 2.45) is 17.6 Å². The SMILES string of the molecule is CCCOCCC(C(C)C)C(C)N. The predicted molar refractivity (Wildman–Crippen MR) is 57.7 cm³/mol. The zero-order valence-electron chi connectivity index (χ0n) is 9.55. The molecule has 0 aliphatic rings. The molecule has 2 N–H and O–H groups in total. The molecule has 0 heterocycles. The van der Waals surface area contributed by atoms with E-state index >= 15 is 0 Å². The Morgan fingerprint density at radius 2 is 1.77 bits per heavy atom. The van der Waals surface area contributed by atoms with Crippen LogP contribution >= 0.6 is 0 Å². The van der Waals surface area contributed by atoms with Crippen LogP contribution in [-0.4, -0.2) is 19.3 Å². The highest BCUT2D eigenvalue weighted by Crippen LogP contribution is 2.18. The molecule has 0 fully saturated rings. The van der Waals surface area contributed by atoms with Gasteiger partial charge in [0.2, 0.25) is 0 Å². The molecule has 0 aliphatic heterocycles. The van der Waals surface area contributed by atoms with Gasteiger partial charge in [-0.1, -0.05) is 20.8 Å². The second-order valence-electron chi connectivity index (χ2n) is 4.17. The van der Waals surface area contributed by atoms with E-state index in [0.717, 1.165) is 26.1 Å². The average Bonchev–Trinajstić information content (AvgIpc) is 2.02. The molecule has 0 rings (SSSR count). The van der Waals surface area contributed by atoms with Gasteiger partial charge in [0.05, 0.1) is 0 Å². The van der Waals surface area contributed by atoms with E-state index in [-0.39, 0.29) is 6.04 Å². The molecule has 13 heavy (non-hydrogen) atoms. The first-order valence-corrected chi connectivity index (χ1v) is 5.42. The Morgan fingerprint density at radius 3 is 2.15 bits per heavy atom. The molecule has 2 unspecified atom stereocenters. The molecule has 0 saturated heterocycles. The standard InChI is InChI=1S/C11H25NO/c1-5-7-13-8-6-11(9(2)3)10(4)12/h9-11H,5-8,12H2,1-4H3. The fourth-order valence-corrected chi connectivity index (χ4v) is 1.67. The fraction of sp³-hybridized carbons (Fsp3) is 1.00. The number of rotatable bonds is 7. The van der Waals surface area contributed by atoms with Crippen molar-refractivity contribution in [2.75, 3.05) is 13.2 Å². The van der Waals surface area contributed by atoms with Crippen LogP contribution < -0.4 is 5.73 Å². The average molecular weight is 187 g/mol. The van der Waals surface area contributed by atoms with Crippen LogP contribution in [0.2, 0.25) is 0 Å². The van der Waals surface area contributed by atoms with Crippen LogP contribution in [0.25, 0.3) is 0 Å². The third-order valence-corrected chi connectivity index (χ3v) is 2.48. The zero-order valence-corrected chi connectivity index (χ0v) is 9.55. The van der Waals surface area contributed by atoms with E-state index in [4.69, 9.17) is 10.5 Å². The van der Waals surface area contributed by atoms with Gasteiger partial charge in [-0.3, -0.25) is 0 Å². The van der Waals surface area contributed by atoms with Gasteiger partial charge in [-0.2, -0.15) is 0 Å². The van der Waals surface area contributed by atoms with E-state index < -0.39 is 0 Å². The Hall–Kier alpha value is -0.0800. The van der Waals surface area contributed by atoms with Crippen LogP contribution in [0.1, 0.15) is 40.5 Å². The van der Waals surface area contributed by atoms with Gasteiger partial charge in [-0.05, 0) is 31.6 Å². The van der Waals surface area contributed by atoms with Gasteiger partial charge >= 0.3 is 0 Å². The van der Waals surface area contributed by atoms with E-state index in [9.17, 15) is 0 Å². The Kier molecular flexibility index (Phi) is 7.29. The molecule has 2 atom stereocenters. The van der Waals surface area contributed by atoms with Crippen LogP contribution in [0.3, 0.4) is 0 Å². The maximum absolute atomic E-state index is 5.90. The van der Waals surface area contributed by atoms with Crippen molar-refractivity contribution in [1.29, 1.82) is 0 Å². The normalized spacial score (nSPS) is 16.2. The Morgan fingerprint density at radius 1 is 1.15 bits per heavy atom. The quantitative estimate of drug-likeness (QED) is 0.621. The molecule has 0 aliphatic carbocycles. The van der Waals surface area contributed by atoms with Gasteiger partial charge in [0, 0.05) is 19.3 Å². The van der Waals surface area contributed by atoms with Crippen molar-refractivity contribution < 1.29 is 4.74 Å². The summed E-state index contributed by atoms with van der Waals surface area (Å²) in [5.41, 5.74) is 5.90. The van der Waals surface area contributed by atoms with Crippen LogP contribution in [0, 0.1) is 11.8 Å². The van der Waals surface area contributed by atoms with Gasteiger partial charge in [0.15, 0.2) is 0 Å². The third kappa shape index (κ3) is 6.05.